The average molecular weight is 272 g/mol. The van der Waals surface area contributed by atoms with Gasteiger partial charge in [0.25, 0.3) is 0 Å². The van der Waals surface area contributed by atoms with Gasteiger partial charge < -0.3 is 14.6 Å². The highest BCUT2D eigenvalue weighted by atomic mass is 16.5. The number of rotatable bonds is 5. The largest absolute Gasteiger partial charge is 0.493 e. The third-order valence-corrected chi connectivity index (χ3v) is 2.74. The molecule has 0 bridgehead atoms. The quantitative estimate of drug-likeness (QED) is 0.897. The van der Waals surface area contributed by atoms with Crippen LogP contribution >= 0.6 is 0 Å². The van der Waals surface area contributed by atoms with Gasteiger partial charge in [0.05, 0.1) is 6.61 Å². The highest BCUT2D eigenvalue weighted by Crippen LogP contribution is 2.28. The summed E-state index contributed by atoms with van der Waals surface area (Å²) in [5, 5.41) is 9.08. The summed E-state index contributed by atoms with van der Waals surface area (Å²) in [6.45, 7) is 4.20. The van der Waals surface area contributed by atoms with E-state index in [9.17, 15) is 4.79 Å². The summed E-state index contributed by atoms with van der Waals surface area (Å²) in [7, 11) is 0. The third kappa shape index (κ3) is 3.29. The Bertz CT molecular complexity index is 602. The number of hydrogen-bond acceptors (Lipinski definition) is 3. The van der Waals surface area contributed by atoms with Crippen LogP contribution in [0.4, 0.5) is 0 Å². The van der Waals surface area contributed by atoms with Crippen LogP contribution in [-0.2, 0) is 0 Å². The number of hydrogen-bond donors (Lipinski definition) is 1. The molecule has 2 aromatic carbocycles. The summed E-state index contributed by atoms with van der Waals surface area (Å²) in [5.74, 6) is 0.531. The Morgan fingerprint density at radius 2 is 1.75 bits per heavy atom. The second kappa shape index (κ2) is 6.10. The first kappa shape index (κ1) is 13.9. The van der Waals surface area contributed by atoms with Crippen molar-refractivity contribution in [2.24, 2.45) is 0 Å². The summed E-state index contributed by atoms with van der Waals surface area (Å²) in [6.07, 6.45) is 0. The van der Waals surface area contributed by atoms with Gasteiger partial charge in [-0.05, 0) is 38.1 Å². The Morgan fingerprint density at radius 1 is 1.10 bits per heavy atom. The Hall–Kier alpha value is -2.49. The lowest BCUT2D eigenvalue weighted by Gasteiger charge is -2.10. The number of carboxylic acid groups (broad SMARTS) is 1. The van der Waals surface area contributed by atoms with Crippen LogP contribution in [0.5, 0.6) is 17.2 Å². The van der Waals surface area contributed by atoms with Gasteiger partial charge in [-0.1, -0.05) is 17.7 Å². The molecule has 2 aromatic rings. The van der Waals surface area contributed by atoms with Crippen molar-refractivity contribution in [1.29, 1.82) is 0 Å². The van der Waals surface area contributed by atoms with Gasteiger partial charge in [-0.15, -0.1) is 0 Å². The summed E-state index contributed by atoms with van der Waals surface area (Å²) in [6, 6.07) is 12.3. The molecular weight excluding hydrogens is 256 g/mol. The molecule has 20 heavy (non-hydrogen) atoms. The van der Waals surface area contributed by atoms with E-state index >= 15 is 0 Å². The molecule has 0 unspecified atom stereocenters. The van der Waals surface area contributed by atoms with E-state index in [4.69, 9.17) is 14.6 Å². The topological polar surface area (TPSA) is 55.8 Å². The lowest BCUT2D eigenvalue weighted by Crippen LogP contribution is -2.02. The number of benzene rings is 2. The fourth-order valence-corrected chi connectivity index (χ4v) is 1.76. The second-order valence-electron chi connectivity index (χ2n) is 4.31. The highest BCUT2D eigenvalue weighted by molar-refractivity contribution is 5.91. The Balaban J connectivity index is 2.26. The number of carbonyl (C=O) groups is 1. The molecule has 0 aliphatic carbocycles. The Labute approximate surface area is 117 Å². The molecule has 4 nitrogen and oxygen atoms in total. The summed E-state index contributed by atoms with van der Waals surface area (Å²) < 4.78 is 11.0. The fourth-order valence-electron chi connectivity index (χ4n) is 1.76. The van der Waals surface area contributed by atoms with Crippen LogP contribution in [0.15, 0.2) is 42.5 Å². The Kier molecular flexibility index (Phi) is 4.25. The first-order valence-electron chi connectivity index (χ1n) is 6.35. The normalized spacial score (nSPS) is 10.1. The fraction of sp³-hybridized carbons (Fsp3) is 0.188. The lowest BCUT2D eigenvalue weighted by molar-refractivity contribution is 0.0692. The number of ether oxygens (including phenoxy) is 2. The predicted molar refractivity (Wildman–Crippen MR) is 75.8 cm³/mol. The van der Waals surface area contributed by atoms with Crippen molar-refractivity contribution in [2.45, 2.75) is 13.8 Å². The van der Waals surface area contributed by atoms with Crippen molar-refractivity contribution < 1.29 is 19.4 Å². The molecule has 0 amide bonds. The zero-order valence-electron chi connectivity index (χ0n) is 11.4. The van der Waals surface area contributed by atoms with Gasteiger partial charge in [0.15, 0.2) is 0 Å². The maximum Gasteiger partial charge on any atom is 0.339 e. The zero-order chi connectivity index (χ0) is 14.5. The van der Waals surface area contributed by atoms with E-state index in [1.54, 1.807) is 19.1 Å². The SMILES string of the molecule is CCOc1cc(Oc2ccc(C)cc2)ccc1C(=O)O. The van der Waals surface area contributed by atoms with E-state index in [0.717, 1.165) is 5.56 Å². The molecule has 0 aromatic heterocycles. The van der Waals surface area contributed by atoms with Gasteiger partial charge >= 0.3 is 5.97 Å². The van der Waals surface area contributed by atoms with Crippen LogP contribution in [0.3, 0.4) is 0 Å². The molecule has 1 N–H and O–H groups in total. The number of aromatic carboxylic acids is 1. The number of carboxylic acids is 1. The van der Waals surface area contributed by atoms with E-state index in [1.165, 1.54) is 6.07 Å². The average Bonchev–Trinajstić information content (AvgIpc) is 2.42. The van der Waals surface area contributed by atoms with Gasteiger partial charge in [-0.2, -0.15) is 0 Å². The molecule has 0 atom stereocenters. The molecule has 0 radical (unpaired) electrons. The minimum absolute atomic E-state index is 0.128. The van der Waals surface area contributed by atoms with E-state index in [-0.39, 0.29) is 5.56 Å². The van der Waals surface area contributed by atoms with Gasteiger partial charge in [0, 0.05) is 6.07 Å². The highest BCUT2D eigenvalue weighted by Gasteiger charge is 2.12. The Morgan fingerprint density at radius 3 is 2.35 bits per heavy atom. The minimum atomic E-state index is -1.02. The summed E-state index contributed by atoms with van der Waals surface area (Å²) in [5.41, 5.74) is 1.27. The van der Waals surface area contributed by atoms with Crippen molar-refractivity contribution in [2.75, 3.05) is 6.61 Å². The summed E-state index contributed by atoms with van der Waals surface area (Å²) in [4.78, 5) is 11.1. The predicted octanol–water partition coefficient (Wildman–Crippen LogP) is 3.88. The standard InChI is InChI=1S/C16H16O4/c1-3-19-15-10-13(8-9-14(15)16(17)18)20-12-6-4-11(2)5-7-12/h4-10H,3H2,1-2H3,(H,17,18). The summed E-state index contributed by atoms with van der Waals surface area (Å²) >= 11 is 0. The molecule has 104 valence electrons. The van der Waals surface area contributed by atoms with Crippen LogP contribution in [-0.4, -0.2) is 17.7 Å². The molecule has 4 heteroatoms. The van der Waals surface area contributed by atoms with Crippen molar-refractivity contribution in [1.82, 2.24) is 0 Å². The van der Waals surface area contributed by atoms with E-state index < -0.39 is 5.97 Å². The van der Waals surface area contributed by atoms with Gasteiger partial charge in [-0.3, -0.25) is 0 Å². The van der Waals surface area contributed by atoms with Crippen LogP contribution < -0.4 is 9.47 Å². The lowest BCUT2D eigenvalue weighted by atomic mass is 10.2. The number of aryl methyl sites for hydroxylation is 1. The molecule has 0 aliphatic heterocycles. The van der Waals surface area contributed by atoms with Crippen molar-refractivity contribution >= 4 is 5.97 Å². The van der Waals surface area contributed by atoms with E-state index in [2.05, 4.69) is 0 Å². The van der Waals surface area contributed by atoms with Crippen LogP contribution in [0.1, 0.15) is 22.8 Å². The van der Waals surface area contributed by atoms with Crippen molar-refractivity contribution in [3.63, 3.8) is 0 Å². The molecule has 0 saturated carbocycles. The maximum absolute atomic E-state index is 11.1. The van der Waals surface area contributed by atoms with Crippen LogP contribution in [0, 0.1) is 6.92 Å². The van der Waals surface area contributed by atoms with Gasteiger partial charge in [-0.25, -0.2) is 4.79 Å². The molecule has 0 spiro atoms. The van der Waals surface area contributed by atoms with Gasteiger partial charge in [0.1, 0.15) is 22.8 Å². The molecule has 2 rings (SSSR count). The maximum atomic E-state index is 11.1. The monoisotopic (exact) mass is 272 g/mol. The minimum Gasteiger partial charge on any atom is -0.493 e. The molecular formula is C16H16O4. The first-order chi connectivity index (χ1) is 9.60. The van der Waals surface area contributed by atoms with Crippen LogP contribution in [0.2, 0.25) is 0 Å². The third-order valence-electron chi connectivity index (χ3n) is 2.74. The molecule has 0 heterocycles. The van der Waals surface area contributed by atoms with Crippen LogP contribution in [0.25, 0.3) is 0 Å². The van der Waals surface area contributed by atoms with E-state index in [1.807, 2.05) is 31.2 Å². The van der Waals surface area contributed by atoms with Gasteiger partial charge in [0.2, 0.25) is 0 Å². The molecule has 0 fully saturated rings. The first-order valence-corrected chi connectivity index (χ1v) is 6.35. The smallest absolute Gasteiger partial charge is 0.339 e. The zero-order valence-corrected chi connectivity index (χ0v) is 11.4. The van der Waals surface area contributed by atoms with E-state index in [0.29, 0.717) is 23.9 Å². The van der Waals surface area contributed by atoms with Crippen molar-refractivity contribution in [3.8, 4) is 17.2 Å². The second-order valence-corrected chi connectivity index (χ2v) is 4.31. The molecule has 0 saturated heterocycles. The van der Waals surface area contributed by atoms with Crippen molar-refractivity contribution in [3.05, 3.63) is 53.6 Å². The molecule has 0 aliphatic rings.